The molecule has 1 heterocycles. The Balaban J connectivity index is 2.38. The number of hydrogen-bond acceptors (Lipinski definition) is 4. The van der Waals surface area contributed by atoms with Crippen molar-refractivity contribution in [3.63, 3.8) is 0 Å². The minimum absolute atomic E-state index is 0.125. The van der Waals surface area contributed by atoms with Gasteiger partial charge in [0, 0.05) is 18.9 Å². The van der Waals surface area contributed by atoms with Crippen molar-refractivity contribution in [3.05, 3.63) is 10.5 Å². The van der Waals surface area contributed by atoms with E-state index < -0.39 is 0 Å². The summed E-state index contributed by atoms with van der Waals surface area (Å²) in [6.45, 7) is 3.01. The summed E-state index contributed by atoms with van der Waals surface area (Å²) < 4.78 is 1.68. The van der Waals surface area contributed by atoms with Crippen LogP contribution in [0.1, 0.15) is 32.6 Å². The predicted molar refractivity (Wildman–Crippen MR) is 64.8 cm³/mol. The van der Waals surface area contributed by atoms with E-state index in [1.54, 1.807) is 16.3 Å². The van der Waals surface area contributed by atoms with Gasteiger partial charge in [-0.1, -0.05) is 25.1 Å². The Morgan fingerprint density at radius 2 is 2.25 bits per heavy atom. The van der Waals surface area contributed by atoms with Crippen LogP contribution in [0.15, 0.2) is 9.95 Å². The first-order valence-corrected chi connectivity index (χ1v) is 6.67. The normalized spacial score (nSPS) is 10.9. The predicted octanol–water partition coefficient (Wildman–Crippen LogP) is 1.24. The van der Waals surface area contributed by atoms with E-state index in [1.807, 2.05) is 6.92 Å². The molecule has 0 fully saturated rings. The molecule has 92 valence electrons. The van der Waals surface area contributed by atoms with Gasteiger partial charge in [0.2, 0.25) is 0 Å². The smallest absolute Gasteiger partial charge is 0.343 e. The van der Waals surface area contributed by atoms with E-state index in [2.05, 4.69) is 10.2 Å². The fourth-order valence-corrected chi connectivity index (χ4v) is 2.36. The van der Waals surface area contributed by atoms with Crippen LogP contribution in [0.5, 0.6) is 0 Å². The minimum atomic E-state index is -0.125. The summed E-state index contributed by atoms with van der Waals surface area (Å²) in [4.78, 5) is 11.4. The van der Waals surface area contributed by atoms with Crippen molar-refractivity contribution in [2.45, 2.75) is 44.3 Å². The molecule has 0 radical (unpaired) electrons. The molecule has 16 heavy (non-hydrogen) atoms. The molecule has 1 aromatic heterocycles. The van der Waals surface area contributed by atoms with Gasteiger partial charge in [-0.15, -0.1) is 5.10 Å². The maximum absolute atomic E-state index is 11.4. The highest BCUT2D eigenvalue weighted by molar-refractivity contribution is 7.99. The number of nitrogens with zero attached hydrogens (tertiary/aromatic N) is 2. The summed E-state index contributed by atoms with van der Waals surface area (Å²) in [5.74, 6) is 0.938. The van der Waals surface area contributed by atoms with E-state index >= 15 is 0 Å². The second-order valence-electron chi connectivity index (χ2n) is 3.60. The monoisotopic (exact) mass is 245 g/mol. The number of thioether (sulfide) groups is 1. The van der Waals surface area contributed by atoms with Crippen molar-refractivity contribution in [2.24, 2.45) is 0 Å². The van der Waals surface area contributed by atoms with Crippen molar-refractivity contribution >= 4 is 11.8 Å². The van der Waals surface area contributed by atoms with Crippen LogP contribution in [0, 0.1) is 0 Å². The molecule has 0 saturated heterocycles. The van der Waals surface area contributed by atoms with Gasteiger partial charge < -0.3 is 5.11 Å². The van der Waals surface area contributed by atoms with E-state index in [0.717, 1.165) is 36.6 Å². The van der Waals surface area contributed by atoms with Crippen LogP contribution in [0.25, 0.3) is 0 Å². The SMILES string of the molecule is CCCn1c(SCCCCCO)n[nH]c1=O. The third-order valence-corrected chi connectivity index (χ3v) is 3.27. The Kier molecular flexibility index (Phi) is 6.25. The van der Waals surface area contributed by atoms with Gasteiger partial charge in [0.1, 0.15) is 0 Å². The highest BCUT2D eigenvalue weighted by Crippen LogP contribution is 2.15. The van der Waals surface area contributed by atoms with Crippen LogP contribution in [-0.4, -0.2) is 32.2 Å². The largest absolute Gasteiger partial charge is 0.396 e. The number of nitrogens with one attached hydrogen (secondary N) is 1. The molecule has 0 aliphatic carbocycles. The maximum atomic E-state index is 11.4. The Labute approximate surface area is 99.3 Å². The fraction of sp³-hybridized carbons (Fsp3) is 0.800. The molecule has 0 aliphatic rings. The molecule has 0 amide bonds. The van der Waals surface area contributed by atoms with Crippen LogP contribution < -0.4 is 5.69 Å². The molecule has 0 saturated carbocycles. The summed E-state index contributed by atoms with van der Waals surface area (Å²) in [5.41, 5.74) is -0.125. The molecule has 5 nitrogen and oxygen atoms in total. The van der Waals surface area contributed by atoms with Crippen molar-refractivity contribution in [1.29, 1.82) is 0 Å². The second kappa shape index (κ2) is 7.51. The fourth-order valence-electron chi connectivity index (χ4n) is 1.39. The number of hydrogen-bond donors (Lipinski definition) is 2. The average Bonchev–Trinajstić information content (AvgIpc) is 2.62. The second-order valence-corrected chi connectivity index (χ2v) is 4.66. The van der Waals surface area contributed by atoms with Crippen molar-refractivity contribution in [1.82, 2.24) is 14.8 Å². The van der Waals surface area contributed by atoms with Gasteiger partial charge in [0.25, 0.3) is 0 Å². The third-order valence-electron chi connectivity index (χ3n) is 2.20. The van der Waals surface area contributed by atoms with Crippen LogP contribution in [0.4, 0.5) is 0 Å². The summed E-state index contributed by atoms with van der Waals surface area (Å²) >= 11 is 1.60. The maximum Gasteiger partial charge on any atom is 0.343 e. The number of aromatic amines is 1. The topological polar surface area (TPSA) is 70.9 Å². The Morgan fingerprint density at radius 3 is 2.94 bits per heavy atom. The van der Waals surface area contributed by atoms with Gasteiger partial charge >= 0.3 is 5.69 Å². The summed E-state index contributed by atoms with van der Waals surface area (Å²) in [6, 6.07) is 0. The van der Waals surface area contributed by atoms with E-state index in [-0.39, 0.29) is 12.3 Å². The molecule has 0 atom stereocenters. The number of unbranched alkanes of at least 4 members (excludes halogenated alkanes) is 2. The summed E-state index contributed by atoms with van der Waals surface area (Å²) in [5, 5.41) is 15.9. The van der Waals surface area contributed by atoms with Gasteiger partial charge in [-0.05, 0) is 19.3 Å². The Hall–Kier alpha value is -0.750. The molecular weight excluding hydrogens is 226 g/mol. The molecule has 2 N–H and O–H groups in total. The van der Waals surface area contributed by atoms with Crippen LogP contribution in [-0.2, 0) is 6.54 Å². The number of aliphatic hydroxyl groups is 1. The van der Waals surface area contributed by atoms with E-state index in [4.69, 9.17) is 5.11 Å². The van der Waals surface area contributed by atoms with Crippen LogP contribution >= 0.6 is 11.8 Å². The molecule has 0 spiro atoms. The Bertz CT molecular complexity index is 348. The average molecular weight is 245 g/mol. The zero-order chi connectivity index (χ0) is 11.8. The molecule has 0 unspecified atom stereocenters. The third kappa shape index (κ3) is 4.02. The lowest BCUT2D eigenvalue weighted by Gasteiger charge is -2.02. The molecule has 0 aromatic carbocycles. The lowest BCUT2D eigenvalue weighted by atomic mass is 10.3. The minimum Gasteiger partial charge on any atom is -0.396 e. The molecule has 1 aromatic rings. The van der Waals surface area contributed by atoms with Crippen molar-refractivity contribution < 1.29 is 5.11 Å². The first-order valence-electron chi connectivity index (χ1n) is 5.68. The van der Waals surface area contributed by atoms with Gasteiger partial charge in [-0.2, -0.15) is 0 Å². The lowest BCUT2D eigenvalue weighted by Crippen LogP contribution is -2.17. The molecular formula is C10H19N3O2S. The van der Waals surface area contributed by atoms with Crippen LogP contribution in [0.3, 0.4) is 0 Å². The van der Waals surface area contributed by atoms with Gasteiger partial charge in [-0.25, -0.2) is 9.89 Å². The van der Waals surface area contributed by atoms with Crippen molar-refractivity contribution in [2.75, 3.05) is 12.4 Å². The summed E-state index contributed by atoms with van der Waals surface area (Å²) in [7, 11) is 0. The van der Waals surface area contributed by atoms with Crippen LogP contribution in [0.2, 0.25) is 0 Å². The number of aromatic nitrogens is 3. The first kappa shape index (κ1) is 13.3. The highest BCUT2D eigenvalue weighted by atomic mass is 32.2. The van der Waals surface area contributed by atoms with E-state index in [9.17, 15) is 4.79 Å². The summed E-state index contributed by atoms with van der Waals surface area (Å²) in [6.07, 6.45) is 3.84. The number of rotatable bonds is 8. The molecule has 1 rings (SSSR count). The van der Waals surface area contributed by atoms with Crippen molar-refractivity contribution in [3.8, 4) is 0 Å². The van der Waals surface area contributed by atoms with E-state index in [0.29, 0.717) is 6.54 Å². The Morgan fingerprint density at radius 1 is 1.44 bits per heavy atom. The van der Waals surface area contributed by atoms with Gasteiger partial charge in [0.15, 0.2) is 5.16 Å². The zero-order valence-corrected chi connectivity index (χ0v) is 10.4. The quantitative estimate of drug-likeness (QED) is 0.534. The zero-order valence-electron chi connectivity index (χ0n) is 9.61. The molecule has 0 aliphatic heterocycles. The number of aliphatic hydroxyl groups excluding tert-OH is 1. The molecule has 0 bridgehead atoms. The number of H-pyrrole nitrogens is 1. The highest BCUT2D eigenvalue weighted by Gasteiger charge is 2.06. The van der Waals surface area contributed by atoms with Gasteiger partial charge in [-0.3, -0.25) is 4.57 Å². The van der Waals surface area contributed by atoms with Gasteiger partial charge in [0.05, 0.1) is 0 Å². The lowest BCUT2D eigenvalue weighted by molar-refractivity contribution is 0.284. The van der Waals surface area contributed by atoms with E-state index in [1.165, 1.54) is 0 Å². The standard InChI is InChI=1S/C10H19N3O2S/c1-2-6-13-9(15)11-12-10(13)16-8-5-3-4-7-14/h14H,2-8H2,1H3,(H,11,15). The molecule has 6 heteroatoms. The first-order chi connectivity index (χ1) is 7.79.